The highest BCUT2D eigenvalue weighted by atomic mass is 19.2. The van der Waals surface area contributed by atoms with E-state index >= 15 is 0 Å². The van der Waals surface area contributed by atoms with Crippen LogP contribution in [0.15, 0.2) is 66.7 Å². The topological polar surface area (TPSA) is 9.23 Å². The van der Waals surface area contributed by atoms with Crippen molar-refractivity contribution in [1.29, 1.82) is 0 Å². The van der Waals surface area contributed by atoms with E-state index in [1.165, 1.54) is 18.2 Å². The predicted molar refractivity (Wildman–Crippen MR) is 130 cm³/mol. The molecule has 1 nitrogen and oxygen atoms in total. The van der Waals surface area contributed by atoms with E-state index in [0.29, 0.717) is 36.0 Å². The van der Waals surface area contributed by atoms with E-state index in [1.54, 1.807) is 43.5 Å². The molecule has 0 N–H and O–H groups in total. The van der Waals surface area contributed by atoms with Crippen molar-refractivity contribution in [3.8, 4) is 11.8 Å². The van der Waals surface area contributed by atoms with Crippen LogP contribution in [-0.4, -0.2) is 13.7 Å². The van der Waals surface area contributed by atoms with Gasteiger partial charge in [-0.1, -0.05) is 42.2 Å². The third-order valence-electron chi connectivity index (χ3n) is 5.90. The summed E-state index contributed by atoms with van der Waals surface area (Å²) in [6, 6.07) is 17.3. The van der Waals surface area contributed by atoms with Gasteiger partial charge in [0.25, 0.3) is 0 Å². The number of hydrogen-bond acceptors (Lipinski definition) is 1. The normalized spacial score (nSPS) is 10.9. The Hall–Kier alpha value is -3.62. The molecule has 0 bridgehead atoms. The molecule has 0 spiro atoms. The Kier molecular flexibility index (Phi) is 7.84. The van der Waals surface area contributed by atoms with Crippen LogP contribution in [0.4, 0.5) is 17.6 Å². The Balaban J connectivity index is 1.42. The van der Waals surface area contributed by atoms with Crippen LogP contribution >= 0.6 is 0 Å². The Morgan fingerprint density at radius 3 is 2.23 bits per heavy atom. The maximum atomic E-state index is 14.6. The van der Waals surface area contributed by atoms with Gasteiger partial charge >= 0.3 is 0 Å². The molecule has 0 aliphatic carbocycles. The fourth-order valence-electron chi connectivity index (χ4n) is 3.95. The maximum absolute atomic E-state index is 14.6. The zero-order valence-electron chi connectivity index (χ0n) is 19.3. The van der Waals surface area contributed by atoms with Gasteiger partial charge in [0.2, 0.25) is 0 Å². The molecule has 0 radical (unpaired) electrons. The van der Waals surface area contributed by atoms with Gasteiger partial charge in [0, 0.05) is 24.7 Å². The smallest absolute Gasteiger partial charge is 0.166 e. The number of halogens is 4. The summed E-state index contributed by atoms with van der Waals surface area (Å²) in [6.45, 7) is 0.638. The van der Waals surface area contributed by atoms with Gasteiger partial charge in [-0.15, -0.1) is 0 Å². The molecule has 35 heavy (non-hydrogen) atoms. The minimum Gasteiger partial charge on any atom is -0.385 e. The van der Waals surface area contributed by atoms with E-state index in [0.717, 1.165) is 30.0 Å². The van der Waals surface area contributed by atoms with Gasteiger partial charge in [-0.05, 0) is 84.2 Å². The quantitative estimate of drug-likeness (QED) is 0.156. The highest BCUT2D eigenvalue weighted by Crippen LogP contribution is 2.22. The van der Waals surface area contributed by atoms with Crippen molar-refractivity contribution < 1.29 is 22.3 Å². The summed E-state index contributed by atoms with van der Waals surface area (Å²) < 4.78 is 61.3. The maximum Gasteiger partial charge on any atom is 0.166 e. The first-order valence-electron chi connectivity index (χ1n) is 11.4. The lowest BCUT2D eigenvalue weighted by molar-refractivity contribution is 0.195. The molecule has 0 unspecified atom stereocenters. The minimum atomic E-state index is -0.906. The molecule has 4 rings (SSSR count). The van der Waals surface area contributed by atoms with E-state index in [9.17, 15) is 17.6 Å². The summed E-state index contributed by atoms with van der Waals surface area (Å²) in [4.78, 5) is 0. The van der Waals surface area contributed by atoms with Crippen LogP contribution in [0, 0.1) is 35.1 Å². The molecule has 0 aliphatic rings. The third-order valence-corrected chi connectivity index (χ3v) is 5.90. The van der Waals surface area contributed by atoms with Crippen LogP contribution < -0.4 is 0 Å². The first-order valence-corrected chi connectivity index (χ1v) is 11.4. The highest BCUT2D eigenvalue weighted by Gasteiger charge is 2.08. The largest absolute Gasteiger partial charge is 0.385 e. The Bertz CT molecular complexity index is 1420. The van der Waals surface area contributed by atoms with E-state index < -0.39 is 17.5 Å². The molecule has 0 fully saturated rings. The molecule has 0 saturated heterocycles. The number of hydrogen-bond donors (Lipinski definition) is 0. The van der Waals surface area contributed by atoms with Crippen molar-refractivity contribution in [2.75, 3.05) is 13.7 Å². The molecular formula is C30H24F4O. The van der Waals surface area contributed by atoms with E-state index in [1.807, 2.05) is 6.07 Å². The van der Waals surface area contributed by atoms with Crippen LogP contribution in [0.1, 0.15) is 34.2 Å². The zero-order chi connectivity index (χ0) is 24.8. The summed E-state index contributed by atoms with van der Waals surface area (Å²) in [7, 11) is 1.64. The van der Waals surface area contributed by atoms with Gasteiger partial charge in [-0.25, -0.2) is 17.6 Å². The van der Waals surface area contributed by atoms with Gasteiger partial charge in [0.15, 0.2) is 11.6 Å². The Morgan fingerprint density at radius 2 is 1.46 bits per heavy atom. The molecule has 0 amide bonds. The number of benzene rings is 4. The second-order valence-electron chi connectivity index (χ2n) is 8.38. The summed E-state index contributed by atoms with van der Waals surface area (Å²) in [6.07, 6.45) is 2.55. The molecule has 5 heteroatoms. The van der Waals surface area contributed by atoms with E-state index in [2.05, 4.69) is 11.8 Å². The molecule has 0 aromatic heterocycles. The van der Waals surface area contributed by atoms with Gasteiger partial charge in [-0.3, -0.25) is 0 Å². The van der Waals surface area contributed by atoms with E-state index in [4.69, 9.17) is 4.74 Å². The minimum absolute atomic E-state index is 0.170. The lowest BCUT2D eigenvalue weighted by atomic mass is 10.00. The second-order valence-corrected chi connectivity index (χ2v) is 8.38. The molecule has 4 aromatic carbocycles. The number of rotatable bonds is 7. The standard InChI is InChI=1S/C30H24F4O/c1-35-16-2-3-20-4-9-23(28(32)18-20)11-6-22-7-12-24(29(33)19-22)10-5-21-8-14-26-25(17-21)13-15-27(31)30(26)34/h4,7-9,12-15,17-19H,2-3,6,11,16H2,1H3. The van der Waals surface area contributed by atoms with Gasteiger partial charge in [0.1, 0.15) is 11.6 Å². The van der Waals surface area contributed by atoms with Crippen LogP contribution in [0.2, 0.25) is 0 Å². The molecule has 178 valence electrons. The molecule has 0 atom stereocenters. The van der Waals surface area contributed by atoms with Crippen molar-refractivity contribution in [2.24, 2.45) is 0 Å². The first kappa shape index (κ1) is 24.5. The Morgan fingerprint density at radius 1 is 0.686 bits per heavy atom. The lowest BCUT2D eigenvalue weighted by Gasteiger charge is -2.07. The summed E-state index contributed by atoms with van der Waals surface area (Å²) >= 11 is 0. The van der Waals surface area contributed by atoms with Crippen LogP contribution in [-0.2, 0) is 24.0 Å². The van der Waals surface area contributed by atoms with Gasteiger partial charge in [0.05, 0.1) is 5.56 Å². The number of fused-ring (bicyclic) bond motifs is 1. The fourth-order valence-corrected chi connectivity index (χ4v) is 3.95. The number of methoxy groups -OCH3 is 1. The zero-order valence-corrected chi connectivity index (χ0v) is 19.3. The third kappa shape index (κ3) is 6.09. The van der Waals surface area contributed by atoms with Crippen molar-refractivity contribution in [3.63, 3.8) is 0 Å². The Labute approximate surface area is 202 Å². The summed E-state index contributed by atoms with van der Waals surface area (Å²) in [5.41, 5.74) is 3.07. The van der Waals surface area contributed by atoms with Crippen molar-refractivity contribution in [2.45, 2.75) is 25.7 Å². The lowest BCUT2D eigenvalue weighted by Crippen LogP contribution is -1.99. The van der Waals surface area contributed by atoms with Gasteiger partial charge in [-0.2, -0.15) is 0 Å². The van der Waals surface area contributed by atoms with Crippen LogP contribution in [0.5, 0.6) is 0 Å². The molecule has 0 saturated carbocycles. The second kappa shape index (κ2) is 11.2. The highest BCUT2D eigenvalue weighted by molar-refractivity contribution is 5.84. The molecule has 4 aromatic rings. The average Bonchev–Trinajstić information content (AvgIpc) is 2.85. The summed E-state index contributed by atoms with van der Waals surface area (Å²) in [5, 5.41) is 0.685. The van der Waals surface area contributed by atoms with Crippen LogP contribution in [0.25, 0.3) is 10.8 Å². The van der Waals surface area contributed by atoms with Crippen molar-refractivity contribution >= 4 is 10.8 Å². The average molecular weight is 477 g/mol. The van der Waals surface area contributed by atoms with E-state index in [-0.39, 0.29) is 16.8 Å². The molecule has 0 aliphatic heterocycles. The first-order chi connectivity index (χ1) is 16.9. The number of ether oxygens (including phenoxy) is 1. The van der Waals surface area contributed by atoms with Crippen molar-refractivity contribution in [1.82, 2.24) is 0 Å². The summed E-state index contributed by atoms with van der Waals surface area (Å²) in [5.74, 6) is 3.15. The van der Waals surface area contributed by atoms with Crippen LogP contribution in [0.3, 0.4) is 0 Å². The molecule has 0 heterocycles. The predicted octanol–water partition coefficient (Wildman–Crippen LogP) is 7.16. The van der Waals surface area contributed by atoms with Crippen molar-refractivity contribution in [3.05, 3.63) is 118 Å². The van der Waals surface area contributed by atoms with Gasteiger partial charge < -0.3 is 4.74 Å². The number of aryl methyl sites for hydroxylation is 3. The monoisotopic (exact) mass is 476 g/mol. The molecular weight excluding hydrogens is 452 g/mol. The SMILES string of the molecule is COCCCc1ccc(CCc2ccc(C#Cc3ccc4c(F)c(F)ccc4c3)c(F)c2)c(F)c1. The fraction of sp³-hybridized carbons (Fsp3) is 0.200.